The van der Waals surface area contributed by atoms with Crippen LogP contribution < -0.4 is 5.32 Å². The van der Waals surface area contributed by atoms with E-state index in [0.717, 1.165) is 16.3 Å². The van der Waals surface area contributed by atoms with Gasteiger partial charge in [0.15, 0.2) is 0 Å². The van der Waals surface area contributed by atoms with Crippen LogP contribution in [0.1, 0.15) is 19.4 Å². The maximum absolute atomic E-state index is 6.15. The highest BCUT2D eigenvalue weighted by atomic mass is 35.5. The van der Waals surface area contributed by atoms with Gasteiger partial charge in [0, 0.05) is 7.05 Å². The first-order valence-electron chi connectivity index (χ1n) is 6.25. The molecule has 0 radical (unpaired) electrons. The van der Waals surface area contributed by atoms with Gasteiger partial charge in [-0.05, 0) is 30.2 Å². The molecule has 2 heteroatoms. The Hall–Kier alpha value is -1.47. The molecular formula is C16H20ClN. The molecule has 0 aliphatic rings. The van der Waals surface area contributed by atoms with Gasteiger partial charge in [0.2, 0.25) is 0 Å². The molecule has 0 saturated carbocycles. The van der Waals surface area contributed by atoms with E-state index in [1.54, 1.807) is 0 Å². The average molecular weight is 262 g/mol. The monoisotopic (exact) mass is 261 g/mol. The Labute approximate surface area is 115 Å². The van der Waals surface area contributed by atoms with Crippen LogP contribution in [0.3, 0.4) is 0 Å². The molecule has 2 aromatic carbocycles. The molecule has 0 heterocycles. The smallest absolute Gasteiger partial charge is 0.0643 e. The normalized spacial score (nSPS) is 9.39. The summed E-state index contributed by atoms with van der Waals surface area (Å²) in [5.74, 6) is 0. The lowest BCUT2D eigenvalue weighted by molar-refractivity contribution is 1.46. The summed E-state index contributed by atoms with van der Waals surface area (Å²) < 4.78 is 0. The van der Waals surface area contributed by atoms with Crippen molar-refractivity contribution >= 4 is 17.3 Å². The van der Waals surface area contributed by atoms with Crippen molar-refractivity contribution in [1.82, 2.24) is 0 Å². The van der Waals surface area contributed by atoms with E-state index < -0.39 is 0 Å². The summed E-state index contributed by atoms with van der Waals surface area (Å²) in [6.45, 7) is 6.08. The van der Waals surface area contributed by atoms with Gasteiger partial charge in [0.05, 0.1) is 10.7 Å². The predicted octanol–water partition coefficient (Wildman–Crippen LogP) is 5.38. The fraction of sp³-hybridized carbons (Fsp3) is 0.250. The number of benzene rings is 2. The Morgan fingerprint density at radius 2 is 1.44 bits per heavy atom. The fourth-order valence-corrected chi connectivity index (χ4v) is 1.92. The molecule has 96 valence electrons. The van der Waals surface area contributed by atoms with E-state index in [1.165, 1.54) is 11.1 Å². The van der Waals surface area contributed by atoms with Gasteiger partial charge in [-0.15, -0.1) is 0 Å². The van der Waals surface area contributed by atoms with E-state index in [0.29, 0.717) is 0 Å². The topological polar surface area (TPSA) is 12.0 Å². The van der Waals surface area contributed by atoms with E-state index in [1.807, 2.05) is 33.0 Å². The van der Waals surface area contributed by atoms with Crippen LogP contribution in [0.25, 0.3) is 11.1 Å². The van der Waals surface area contributed by atoms with Crippen LogP contribution in [0.15, 0.2) is 42.5 Å². The molecule has 0 amide bonds. The molecule has 0 atom stereocenters. The van der Waals surface area contributed by atoms with E-state index in [2.05, 4.69) is 42.6 Å². The molecule has 0 aliphatic carbocycles. The van der Waals surface area contributed by atoms with Crippen molar-refractivity contribution in [1.29, 1.82) is 0 Å². The summed E-state index contributed by atoms with van der Waals surface area (Å²) in [4.78, 5) is 0. The maximum atomic E-state index is 6.15. The molecule has 18 heavy (non-hydrogen) atoms. The maximum Gasteiger partial charge on any atom is 0.0643 e. The third-order valence-corrected chi connectivity index (χ3v) is 2.94. The Morgan fingerprint density at radius 3 is 1.94 bits per heavy atom. The third-order valence-electron chi connectivity index (χ3n) is 2.62. The molecular weight excluding hydrogens is 242 g/mol. The Kier molecular flexibility index (Phi) is 5.73. The lowest BCUT2D eigenvalue weighted by atomic mass is 10.0. The van der Waals surface area contributed by atoms with E-state index in [9.17, 15) is 0 Å². The number of rotatable bonds is 2. The first-order valence-corrected chi connectivity index (χ1v) is 6.63. The SMILES string of the molecule is CC.CNc1ccc(-c2ccc(C)cc2)cc1Cl. The summed E-state index contributed by atoms with van der Waals surface area (Å²) in [5.41, 5.74) is 4.55. The number of anilines is 1. The molecule has 1 N–H and O–H groups in total. The predicted molar refractivity (Wildman–Crippen MR) is 82.5 cm³/mol. The molecule has 0 unspecified atom stereocenters. The zero-order chi connectivity index (χ0) is 13.5. The minimum absolute atomic E-state index is 0.751. The number of nitrogens with one attached hydrogen (secondary N) is 1. The molecule has 2 rings (SSSR count). The van der Waals surface area contributed by atoms with Crippen molar-refractivity contribution < 1.29 is 0 Å². The summed E-state index contributed by atoms with van der Waals surface area (Å²) >= 11 is 6.15. The van der Waals surface area contributed by atoms with Gasteiger partial charge in [-0.1, -0.05) is 61.3 Å². The summed E-state index contributed by atoms with van der Waals surface area (Å²) in [7, 11) is 1.87. The van der Waals surface area contributed by atoms with Crippen LogP contribution in [0.5, 0.6) is 0 Å². The minimum Gasteiger partial charge on any atom is -0.387 e. The van der Waals surface area contributed by atoms with Crippen molar-refractivity contribution in [3.8, 4) is 11.1 Å². The highest BCUT2D eigenvalue weighted by Gasteiger charge is 2.01. The molecule has 0 fully saturated rings. The number of halogens is 1. The number of hydrogen-bond acceptors (Lipinski definition) is 1. The van der Waals surface area contributed by atoms with Crippen LogP contribution in [-0.4, -0.2) is 7.05 Å². The summed E-state index contributed by atoms with van der Waals surface area (Å²) in [5, 5.41) is 3.80. The molecule has 0 saturated heterocycles. The van der Waals surface area contributed by atoms with Crippen LogP contribution in [0, 0.1) is 6.92 Å². The van der Waals surface area contributed by atoms with Gasteiger partial charge < -0.3 is 5.32 Å². The van der Waals surface area contributed by atoms with Gasteiger partial charge in [-0.2, -0.15) is 0 Å². The molecule has 0 bridgehead atoms. The fourth-order valence-electron chi connectivity index (χ4n) is 1.64. The standard InChI is InChI=1S/C14H14ClN.C2H6/c1-10-3-5-11(6-4-10)12-7-8-14(16-2)13(15)9-12;1-2/h3-9,16H,1-2H3;1-2H3. The van der Waals surface area contributed by atoms with E-state index >= 15 is 0 Å². The van der Waals surface area contributed by atoms with Gasteiger partial charge >= 0.3 is 0 Å². The van der Waals surface area contributed by atoms with Gasteiger partial charge in [0.25, 0.3) is 0 Å². The van der Waals surface area contributed by atoms with Crippen molar-refractivity contribution in [3.05, 3.63) is 53.1 Å². The van der Waals surface area contributed by atoms with Crippen molar-refractivity contribution in [2.24, 2.45) is 0 Å². The Balaban J connectivity index is 0.000000771. The van der Waals surface area contributed by atoms with E-state index in [4.69, 9.17) is 11.6 Å². The molecule has 2 aromatic rings. The zero-order valence-electron chi connectivity index (χ0n) is 11.4. The van der Waals surface area contributed by atoms with Crippen molar-refractivity contribution in [2.75, 3.05) is 12.4 Å². The van der Waals surface area contributed by atoms with Gasteiger partial charge in [-0.25, -0.2) is 0 Å². The second kappa shape index (κ2) is 7.07. The van der Waals surface area contributed by atoms with Crippen LogP contribution in [-0.2, 0) is 0 Å². The molecule has 0 aromatic heterocycles. The first-order chi connectivity index (χ1) is 8.70. The first kappa shape index (κ1) is 14.6. The zero-order valence-corrected chi connectivity index (χ0v) is 12.2. The molecule has 0 aliphatic heterocycles. The second-order valence-electron chi connectivity index (χ2n) is 3.81. The molecule has 1 nitrogen and oxygen atoms in total. The lowest BCUT2D eigenvalue weighted by Crippen LogP contribution is -1.89. The molecule has 0 spiro atoms. The average Bonchev–Trinajstić information content (AvgIpc) is 2.42. The highest BCUT2D eigenvalue weighted by Crippen LogP contribution is 2.28. The van der Waals surface area contributed by atoms with Crippen LogP contribution in [0.4, 0.5) is 5.69 Å². The lowest BCUT2D eigenvalue weighted by Gasteiger charge is -2.07. The highest BCUT2D eigenvalue weighted by molar-refractivity contribution is 6.33. The summed E-state index contributed by atoms with van der Waals surface area (Å²) in [6.07, 6.45) is 0. The minimum atomic E-state index is 0.751. The van der Waals surface area contributed by atoms with Gasteiger partial charge in [-0.3, -0.25) is 0 Å². The number of hydrogen-bond donors (Lipinski definition) is 1. The Bertz CT molecular complexity index is 489. The van der Waals surface area contributed by atoms with Crippen molar-refractivity contribution in [3.63, 3.8) is 0 Å². The van der Waals surface area contributed by atoms with Crippen LogP contribution >= 0.6 is 11.6 Å². The second-order valence-corrected chi connectivity index (χ2v) is 4.22. The number of aryl methyl sites for hydroxylation is 1. The quantitative estimate of drug-likeness (QED) is 0.765. The van der Waals surface area contributed by atoms with E-state index in [-0.39, 0.29) is 0 Å². The van der Waals surface area contributed by atoms with Crippen molar-refractivity contribution in [2.45, 2.75) is 20.8 Å². The third kappa shape index (κ3) is 3.51. The van der Waals surface area contributed by atoms with Crippen LogP contribution in [0.2, 0.25) is 5.02 Å². The Morgan fingerprint density at radius 1 is 0.889 bits per heavy atom. The largest absolute Gasteiger partial charge is 0.387 e. The van der Waals surface area contributed by atoms with Gasteiger partial charge in [0.1, 0.15) is 0 Å². The summed E-state index contributed by atoms with van der Waals surface area (Å²) in [6, 6.07) is 14.5.